The molecule has 5 heteroatoms. The Morgan fingerprint density at radius 1 is 1.11 bits per heavy atom. The summed E-state index contributed by atoms with van der Waals surface area (Å²) >= 11 is 11.7. The molecule has 0 radical (unpaired) electrons. The first kappa shape index (κ1) is 13.9. The molecule has 2 aromatic rings. The molecule has 0 heterocycles. The van der Waals surface area contributed by atoms with Crippen LogP contribution in [-0.2, 0) is 6.61 Å². The fourth-order valence-electron chi connectivity index (χ4n) is 1.66. The van der Waals surface area contributed by atoms with Crippen molar-refractivity contribution in [2.45, 2.75) is 6.61 Å². The highest BCUT2D eigenvalue weighted by molar-refractivity contribution is 6.35. The van der Waals surface area contributed by atoms with E-state index in [2.05, 4.69) is 5.32 Å². The van der Waals surface area contributed by atoms with Crippen LogP contribution in [0.5, 0.6) is 0 Å². The number of nitrogens with one attached hydrogen (secondary N) is 1. The number of amides is 1. The molecule has 0 atom stereocenters. The molecule has 0 aromatic heterocycles. The Balaban J connectivity index is 2.25. The van der Waals surface area contributed by atoms with Gasteiger partial charge in [0, 0.05) is 26.9 Å². The van der Waals surface area contributed by atoms with E-state index in [1.165, 1.54) is 12.1 Å². The van der Waals surface area contributed by atoms with Crippen LogP contribution in [0.4, 0.5) is 5.69 Å². The van der Waals surface area contributed by atoms with Crippen molar-refractivity contribution in [3.63, 3.8) is 0 Å². The van der Waals surface area contributed by atoms with Gasteiger partial charge in [-0.3, -0.25) is 4.79 Å². The van der Waals surface area contributed by atoms with E-state index in [1.807, 2.05) is 0 Å². The number of para-hydroxylation sites is 1. The predicted octanol–water partition coefficient (Wildman–Crippen LogP) is 3.74. The molecule has 3 nitrogen and oxygen atoms in total. The van der Waals surface area contributed by atoms with Crippen molar-refractivity contribution in [1.29, 1.82) is 0 Å². The topological polar surface area (TPSA) is 49.3 Å². The van der Waals surface area contributed by atoms with E-state index in [0.29, 0.717) is 26.9 Å². The molecule has 2 rings (SSSR count). The van der Waals surface area contributed by atoms with Crippen molar-refractivity contribution in [2.75, 3.05) is 5.32 Å². The van der Waals surface area contributed by atoms with Gasteiger partial charge in [0.2, 0.25) is 0 Å². The van der Waals surface area contributed by atoms with Gasteiger partial charge >= 0.3 is 0 Å². The smallest absolute Gasteiger partial charge is 0.255 e. The summed E-state index contributed by atoms with van der Waals surface area (Å²) in [6.45, 7) is -0.146. The summed E-state index contributed by atoms with van der Waals surface area (Å²) in [5.74, 6) is -0.328. The maximum atomic E-state index is 12.1. The third-order valence-corrected chi connectivity index (χ3v) is 3.00. The normalized spacial score (nSPS) is 10.3. The maximum absolute atomic E-state index is 12.1. The first-order chi connectivity index (χ1) is 9.10. The Morgan fingerprint density at radius 2 is 1.74 bits per heavy atom. The first-order valence-corrected chi connectivity index (χ1v) is 6.32. The van der Waals surface area contributed by atoms with Crippen molar-refractivity contribution < 1.29 is 9.90 Å². The second kappa shape index (κ2) is 6.06. The lowest BCUT2D eigenvalue weighted by atomic mass is 10.1. The number of carbonyl (C=O) groups excluding carboxylic acids is 1. The molecule has 0 unspecified atom stereocenters. The molecule has 0 saturated heterocycles. The monoisotopic (exact) mass is 295 g/mol. The summed E-state index contributed by atoms with van der Waals surface area (Å²) in [7, 11) is 0. The Morgan fingerprint density at radius 3 is 2.37 bits per heavy atom. The first-order valence-electron chi connectivity index (χ1n) is 5.56. The number of halogens is 2. The minimum absolute atomic E-state index is 0.146. The molecule has 0 spiro atoms. The molecule has 0 bridgehead atoms. The van der Waals surface area contributed by atoms with Crippen LogP contribution >= 0.6 is 23.2 Å². The lowest BCUT2D eigenvalue weighted by molar-refractivity contribution is 0.102. The molecule has 2 N–H and O–H groups in total. The molecule has 0 saturated carbocycles. The summed E-state index contributed by atoms with van der Waals surface area (Å²) in [5.41, 5.74) is 1.57. The summed E-state index contributed by atoms with van der Waals surface area (Å²) in [6.07, 6.45) is 0. The number of anilines is 1. The second-order valence-corrected chi connectivity index (χ2v) is 4.80. The third-order valence-electron chi connectivity index (χ3n) is 2.56. The van der Waals surface area contributed by atoms with Gasteiger partial charge in [0.1, 0.15) is 0 Å². The number of aliphatic hydroxyl groups excluding tert-OH is 1. The highest BCUT2D eigenvalue weighted by Gasteiger charge is 2.10. The van der Waals surface area contributed by atoms with Gasteiger partial charge in [-0.15, -0.1) is 0 Å². The molecule has 0 fully saturated rings. The summed E-state index contributed by atoms with van der Waals surface area (Å²) in [4.78, 5) is 12.1. The van der Waals surface area contributed by atoms with Gasteiger partial charge in [0.05, 0.1) is 6.61 Å². The SMILES string of the molecule is O=C(Nc1ccccc1CO)c1cc(Cl)cc(Cl)c1. The zero-order valence-electron chi connectivity index (χ0n) is 9.86. The number of benzene rings is 2. The zero-order valence-corrected chi connectivity index (χ0v) is 11.4. The Hall–Kier alpha value is -1.55. The van der Waals surface area contributed by atoms with Gasteiger partial charge in [-0.1, -0.05) is 41.4 Å². The molecular formula is C14H11Cl2NO2. The number of aliphatic hydroxyl groups is 1. The highest BCUT2D eigenvalue weighted by atomic mass is 35.5. The maximum Gasteiger partial charge on any atom is 0.255 e. The zero-order chi connectivity index (χ0) is 13.8. The Kier molecular flexibility index (Phi) is 4.43. The minimum atomic E-state index is -0.328. The van der Waals surface area contributed by atoms with Gasteiger partial charge < -0.3 is 10.4 Å². The fraction of sp³-hybridized carbons (Fsp3) is 0.0714. The van der Waals surface area contributed by atoms with Crippen LogP contribution in [0.3, 0.4) is 0 Å². The lowest BCUT2D eigenvalue weighted by Crippen LogP contribution is -2.13. The van der Waals surface area contributed by atoms with E-state index in [-0.39, 0.29) is 12.5 Å². The molecule has 2 aromatic carbocycles. The summed E-state index contributed by atoms with van der Waals surface area (Å²) in [6, 6.07) is 11.6. The van der Waals surface area contributed by atoms with Gasteiger partial charge in [0.25, 0.3) is 5.91 Å². The number of rotatable bonds is 3. The largest absolute Gasteiger partial charge is 0.392 e. The average molecular weight is 296 g/mol. The average Bonchev–Trinajstić information content (AvgIpc) is 2.38. The quantitative estimate of drug-likeness (QED) is 0.906. The van der Waals surface area contributed by atoms with Crippen LogP contribution < -0.4 is 5.32 Å². The Labute approximate surface area is 120 Å². The van der Waals surface area contributed by atoms with Crippen molar-refractivity contribution in [3.05, 3.63) is 63.6 Å². The number of carbonyl (C=O) groups is 1. The van der Waals surface area contributed by atoms with E-state index in [0.717, 1.165) is 0 Å². The number of hydrogen-bond acceptors (Lipinski definition) is 2. The van der Waals surface area contributed by atoms with Gasteiger partial charge in [-0.25, -0.2) is 0 Å². The summed E-state index contributed by atoms with van der Waals surface area (Å²) < 4.78 is 0. The fourth-order valence-corrected chi connectivity index (χ4v) is 2.19. The molecular weight excluding hydrogens is 285 g/mol. The van der Waals surface area contributed by atoms with Crippen LogP contribution in [0.2, 0.25) is 10.0 Å². The van der Waals surface area contributed by atoms with Crippen molar-refractivity contribution in [2.24, 2.45) is 0 Å². The molecule has 0 aliphatic heterocycles. The minimum Gasteiger partial charge on any atom is -0.392 e. The molecule has 19 heavy (non-hydrogen) atoms. The number of hydrogen-bond donors (Lipinski definition) is 2. The van der Waals surface area contributed by atoms with Crippen molar-refractivity contribution in [1.82, 2.24) is 0 Å². The van der Waals surface area contributed by atoms with E-state index >= 15 is 0 Å². The molecule has 0 aliphatic rings. The van der Waals surface area contributed by atoms with Gasteiger partial charge in [0.15, 0.2) is 0 Å². The van der Waals surface area contributed by atoms with Gasteiger partial charge in [-0.05, 0) is 24.3 Å². The van der Waals surface area contributed by atoms with Crippen LogP contribution in [0.25, 0.3) is 0 Å². The lowest BCUT2D eigenvalue weighted by Gasteiger charge is -2.09. The molecule has 0 aliphatic carbocycles. The van der Waals surface area contributed by atoms with E-state index in [4.69, 9.17) is 23.2 Å². The second-order valence-electron chi connectivity index (χ2n) is 3.93. The van der Waals surface area contributed by atoms with E-state index in [1.54, 1.807) is 30.3 Å². The van der Waals surface area contributed by atoms with E-state index in [9.17, 15) is 9.90 Å². The van der Waals surface area contributed by atoms with Crippen LogP contribution in [0.15, 0.2) is 42.5 Å². The van der Waals surface area contributed by atoms with E-state index < -0.39 is 0 Å². The van der Waals surface area contributed by atoms with Crippen LogP contribution in [-0.4, -0.2) is 11.0 Å². The van der Waals surface area contributed by atoms with Crippen LogP contribution in [0, 0.1) is 0 Å². The van der Waals surface area contributed by atoms with Crippen molar-refractivity contribution >= 4 is 34.8 Å². The summed E-state index contributed by atoms with van der Waals surface area (Å²) in [5, 5.41) is 12.7. The van der Waals surface area contributed by atoms with Crippen molar-refractivity contribution in [3.8, 4) is 0 Å². The molecule has 98 valence electrons. The Bertz CT molecular complexity index is 594. The van der Waals surface area contributed by atoms with Gasteiger partial charge in [-0.2, -0.15) is 0 Å². The highest BCUT2D eigenvalue weighted by Crippen LogP contribution is 2.21. The standard InChI is InChI=1S/C14H11Cl2NO2/c15-11-5-10(6-12(16)7-11)14(19)17-13-4-2-1-3-9(13)8-18/h1-7,18H,8H2,(H,17,19). The predicted molar refractivity (Wildman–Crippen MR) is 76.8 cm³/mol. The van der Waals surface area contributed by atoms with Crippen LogP contribution in [0.1, 0.15) is 15.9 Å². The third kappa shape index (κ3) is 3.47. The molecule has 1 amide bonds.